The molecule has 0 heterocycles. The molecule has 1 aromatic rings. The van der Waals surface area contributed by atoms with Gasteiger partial charge in [0.05, 0.1) is 19.4 Å². The van der Waals surface area contributed by atoms with Gasteiger partial charge in [-0.25, -0.2) is 0 Å². The Morgan fingerprint density at radius 3 is 2.73 bits per heavy atom. The SMILES string of the molecule is COC(=O)C(CCNC(=O)CCC(=O)O)CC1=CCCc2ccccc21. The summed E-state index contributed by atoms with van der Waals surface area (Å²) >= 11 is 0. The summed E-state index contributed by atoms with van der Waals surface area (Å²) in [5.74, 6) is -1.97. The van der Waals surface area contributed by atoms with Crippen LogP contribution >= 0.6 is 0 Å². The van der Waals surface area contributed by atoms with Crippen LogP contribution in [0.15, 0.2) is 30.3 Å². The average molecular weight is 359 g/mol. The minimum Gasteiger partial charge on any atom is -0.481 e. The third-order valence-electron chi connectivity index (χ3n) is 4.55. The van der Waals surface area contributed by atoms with Crippen molar-refractivity contribution in [3.63, 3.8) is 0 Å². The Bertz CT molecular complexity index is 695. The van der Waals surface area contributed by atoms with Crippen molar-refractivity contribution in [3.05, 3.63) is 41.5 Å². The number of nitrogens with one attached hydrogen (secondary N) is 1. The van der Waals surface area contributed by atoms with Gasteiger partial charge < -0.3 is 15.2 Å². The molecular formula is C20H25NO5. The predicted octanol–water partition coefficient (Wildman–Crippen LogP) is 2.57. The van der Waals surface area contributed by atoms with Crippen LogP contribution in [0.5, 0.6) is 0 Å². The van der Waals surface area contributed by atoms with E-state index in [9.17, 15) is 14.4 Å². The molecule has 2 N–H and O–H groups in total. The van der Waals surface area contributed by atoms with Crippen LogP contribution in [0.1, 0.15) is 43.2 Å². The van der Waals surface area contributed by atoms with Crippen molar-refractivity contribution in [1.82, 2.24) is 5.32 Å². The summed E-state index contributed by atoms with van der Waals surface area (Å²) in [4.78, 5) is 34.3. The van der Waals surface area contributed by atoms with Gasteiger partial charge in [0.25, 0.3) is 0 Å². The second-order valence-electron chi connectivity index (χ2n) is 6.38. The maximum Gasteiger partial charge on any atom is 0.309 e. The first-order valence-corrected chi connectivity index (χ1v) is 8.85. The number of aryl methyl sites for hydroxylation is 1. The van der Waals surface area contributed by atoms with E-state index in [1.807, 2.05) is 12.1 Å². The van der Waals surface area contributed by atoms with Crippen LogP contribution in [0, 0.1) is 5.92 Å². The number of benzene rings is 1. The number of carbonyl (C=O) groups is 3. The molecule has 6 nitrogen and oxygen atoms in total. The lowest BCUT2D eigenvalue weighted by Gasteiger charge is -2.22. The molecule has 140 valence electrons. The molecule has 1 unspecified atom stereocenters. The number of hydrogen-bond acceptors (Lipinski definition) is 4. The number of hydrogen-bond donors (Lipinski definition) is 2. The Labute approximate surface area is 153 Å². The molecular weight excluding hydrogens is 334 g/mol. The highest BCUT2D eigenvalue weighted by atomic mass is 16.5. The van der Waals surface area contributed by atoms with Crippen molar-refractivity contribution in [1.29, 1.82) is 0 Å². The van der Waals surface area contributed by atoms with Gasteiger partial charge in [-0.1, -0.05) is 30.3 Å². The molecule has 0 fully saturated rings. The van der Waals surface area contributed by atoms with Gasteiger partial charge in [-0.3, -0.25) is 14.4 Å². The van der Waals surface area contributed by atoms with E-state index >= 15 is 0 Å². The van der Waals surface area contributed by atoms with Crippen molar-refractivity contribution < 1.29 is 24.2 Å². The van der Waals surface area contributed by atoms with E-state index in [0.29, 0.717) is 19.4 Å². The summed E-state index contributed by atoms with van der Waals surface area (Å²) in [5.41, 5.74) is 3.60. The lowest BCUT2D eigenvalue weighted by atomic mass is 9.85. The summed E-state index contributed by atoms with van der Waals surface area (Å²) < 4.78 is 4.92. The lowest BCUT2D eigenvalue weighted by Crippen LogP contribution is -2.28. The first-order chi connectivity index (χ1) is 12.5. The third kappa shape index (κ3) is 5.72. The van der Waals surface area contributed by atoms with E-state index in [4.69, 9.17) is 9.84 Å². The van der Waals surface area contributed by atoms with Gasteiger partial charge in [0, 0.05) is 13.0 Å². The highest BCUT2D eigenvalue weighted by molar-refractivity contribution is 5.81. The second kappa shape index (κ2) is 9.75. The number of aliphatic carboxylic acids is 1. The fourth-order valence-corrected chi connectivity index (χ4v) is 3.19. The van der Waals surface area contributed by atoms with E-state index in [1.54, 1.807) is 0 Å². The fourth-order valence-electron chi connectivity index (χ4n) is 3.19. The van der Waals surface area contributed by atoms with Crippen LogP contribution in [0.3, 0.4) is 0 Å². The molecule has 0 bridgehead atoms. The number of methoxy groups -OCH3 is 1. The number of carbonyl (C=O) groups excluding carboxylic acids is 2. The van der Waals surface area contributed by atoms with Crippen LogP contribution in [0.25, 0.3) is 5.57 Å². The van der Waals surface area contributed by atoms with Crippen LogP contribution in [-0.2, 0) is 25.5 Å². The maximum absolute atomic E-state index is 12.1. The zero-order valence-corrected chi connectivity index (χ0v) is 15.0. The van der Waals surface area contributed by atoms with Crippen LogP contribution < -0.4 is 5.32 Å². The molecule has 2 rings (SSSR count). The minimum atomic E-state index is -1.00. The Balaban J connectivity index is 1.94. The molecule has 0 radical (unpaired) electrons. The van der Waals surface area contributed by atoms with Gasteiger partial charge in [-0.05, 0) is 42.4 Å². The number of carboxylic acid groups (broad SMARTS) is 1. The Hall–Kier alpha value is -2.63. The molecule has 1 aliphatic rings. The fraction of sp³-hybridized carbons (Fsp3) is 0.450. The standard InChI is InChI=1S/C20H25NO5/c1-26-20(25)16(11-12-21-18(22)9-10-19(23)24)13-15-7-4-6-14-5-2-3-8-17(14)15/h2-3,5,7-8,16H,4,6,9-13H2,1H3,(H,21,22)(H,23,24). The highest BCUT2D eigenvalue weighted by Crippen LogP contribution is 2.32. The quantitative estimate of drug-likeness (QED) is 0.661. The summed E-state index contributed by atoms with van der Waals surface area (Å²) in [6.45, 7) is 0.313. The first kappa shape index (κ1) is 19.7. The molecule has 1 aliphatic carbocycles. The van der Waals surface area contributed by atoms with Gasteiger partial charge in [0.2, 0.25) is 5.91 Å². The highest BCUT2D eigenvalue weighted by Gasteiger charge is 2.23. The molecule has 1 aromatic carbocycles. The average Bonchev–Trinajstić information content (AvgIpc) is 2.65. The normalized spacial score (nSPS) is 14.0. The summed E-state index contributed by atoms with van der Waals surface area (Å²) in [7, 11) is 1.37. The van der Waals surface area contributed by atoms with Crippen LogP contribution in [-0.4, -0.2) is 36.6 Å². The molecule has 0 saturated heterocycles. The van der Waals surface area contributed by atoms with Crippen molar-refractivity contribution in [2.75, 3.05) is 13.7 Å². The van der Waals surface area contributed by atoms with Crippen molar-refractivity contribution in [2.24, 2.45) is 5.92 Å². The molecule has 0 saturated carbocycles. The lowest BCUT2D eigenvalue weighted by molar-refractivity contribution is -0.145. The van der Waals surface area contributed by atoms with E-state index in [2.05, 4.69) is 23.5 Å². The minimum absolute atomic E-state index is 0.0588. The number of carboxylic acids is 1. The number of ether oxygens (including phenoxy) is 1. The van der Waals surface area contributed by atoms with Gasteiger partial charge >= 0.3 is 11.9 Å². The predicted molar refractivity (Wildman–Crippen MR) is 97.4 cm³/mol. The summed E-state index contributed by atoms with van der Waals surface area (Å²) in [6, 6.07) is 8.19. The number of rotatable bonds is 9. The first-order valence-electron chi connectivity index (χ1n) is 8.85. The molecule has 1 atom stereocenters. The van der Waals surface area contributed by atoms with E-state index < -0.39 is 5.97 Å². The van der Waals surface area contributed by atoms with Crippen molar-refractivity contribution in [3.8, 4) is 0 Å². The van der Waals surface area contributed by atoms with Crippen LogP contribution in [0.4, 0.5) is 0 Å². The molecule has 6 heteroatoms. The largest absolute Gasteiger partial charge is 0.481 e. The number of amides is 1. The van der Waals surface area contributed by atoms with E-state index in [-0.39, 0.29) is 30.6 Å². The third-order valence-corrected chi connectivity index (χ3v) is 4.55. The molecule has 0 aromatic heterocycles. The van der Waals surface area contributed by atoms with E-state index in [0.717, 1.165) is 18.4 Å². The second-order valence-corrected chi connectivity index (χ2v) is 6.38. The van der Waals surface area contributed by atoms with Gasteiger partial charge in [0.15, 0.2) is 0 Å². The summed E-state index contributed by atoms with van der Waals surface area (Å²) in [5, 5.41) is 11.3. The van der Waals surface area contributed by atoms with Crippen LogP contribution in [0.2, 0.25) is 0 Å². The molecule has 26 heavy (non-hydrogen) atoms. The van der Waals surface area contributed by atoms with Crippen molar-refractivity contribution >= 4 is 23.4 Å². The Morgan fingerprint density at radius 2 is 2.00 bits per heavy atom. The molecule has 1 amide bonds. The smallest absolute Gasteiger partial charge is 0.309 e. The molecule has 0 spiro atoms. The zero-order valence-electron chi connectivity index (χ0n) is 15.0. The Kier molecular flexibility index (Phi) is 7.38. The van der Waals surface area contributed by atoms with Gasteiger partial charge in [0.1, 0.15) is 0 Å². The van der Waals surface area contributed by atoms with E-state index in [1.165, 1.54) is 18.2 Å². The van der Waals surface area contributed by atoms with Crippen molar-refractivity contribution in [2.45, 2.75) is 38.5 Å². The maximum atomic E-state index is 12.1. The number of esters is 1. The Morgan fingerprint density at radius 1 is 1.23 bits per heavy atom. The number of fused-ring (bicyclic) bond motifs is 1. The topological polar surface area (TPSA) is 92.7 Å². The summed E-state index contributed by atoms with van der Waals surface area (Å²) in [6.07, 6.45) is 4.88. The molecule has 0 aliphatic heterocycles. The zero-order chi connectivity index (χ0) is 18.9. The van der Waals surface area contributed by atoms with Gasteiger partial charge in [-0.2, -0.15) is 0 Å². The number of allylic oxidation sites excluding steroid dienone is 2. The monoisotopic (exact) mass is 359 g/mol. The van der Waals surface area contributed by atoms with Gasteiger partial charge in [-0.15, -0.1) is 0 Å².